The van der Waals surface area contributed by atoms with Crippen LogP contribution in [0.4, 0.5) is 0 Å². The molecule has 1 aromatic rings. The minimum Gasteiger partial charge on any atom is -0.481 e. The highest BCUT2D eigenvalue weighted by molar-refractivity contribution is 5.66. The molecule has 0 radical (unpaired) electrons. The number of rotatable bonds is 7. The molecule has 134 valence electrons. The highest BCUT2D eigenvalue weighted by Crippen LogP contribution is 2.37. The fraction of sp³-hybridized carbons (Fsp3) is 0.667. The number of benzene rings is 1. The van der Waals surface area contributed by atoms with Crippen LogP contribution < -0.4 is 5.32 Å². The number of aliphatic carboxylic acids is 1. The molecule has 1 atom stereocenters. The van der Waals surface area contributed by atoms with Crippen molar-refractivity contribution in [1.82, 2.24) is 5.32 Å². The van der Waals surface area contributed by atoms with Crippen LogP contribution in [0.1, 0.15) is 64.9 Å². The molecule has 2 rings (SSSR count). The van der Waals surface area contributed by atoms with Gasteiger partial charge in [-0.05, 0) is 55.4 Å². The Hall–Kier alpha value is -1.35. The maximum Gasteiger partial charge on any atom is 0.303 e. The second-order valence-corrected chi connectivity index (χ2v) is 8.40. The summed E-state index contributed by atoms with van der Waals surface area (Å²) < 4.78 is 0. The molecular weight excluding hydrogens is 298 g/mol. The summed E-state index contributed by atoms with van der Waals surface area (Å²) in [7, 11) is 0. The van der Waals surface area contributed by atoms with Crippen molar-refractivity contribution in [1.29, 1.82) is 0 Å². The summed E-state index contributed by atoms with van der Waals surface area (Å²) in [6, 6.07) is 11.2. The van der Waals surface area contributed by atoms with Crippen molar-refractivity contribution in [2.45, 2.75) is 77.8 Å². The van der Waals surface area contributed by atoms with Gasteiger partial charge in [-0.1, -0.05) is 51.1 Å². The van der Waals surface area contributed by atoms with Gasteiger partial charge in [-0.25, -0.2) is 0 Å². The summed E-state index contributed by atoms with van der Waals surface area (Å²) in [5, 5.41) is 12.8. The average Bonchev–Trinajstić information content (AvgIpc) is 2.53. The van der Waals surface area contributed by atoms with Crippen molar-refractivity contribution in [3.63, 3.8) is 0 Å². The number of hydrogen-bond donors (Lipinski definition) is 2. The zero-order chi connectivity index (χ0) is 17.6. The molecule has 1 fully saturated rings. The van der Waals surface area contributed by atoms with E-state index in [2.05, 4.69) is 50.4 Å². The lowest BCUT2D eigenvalue weighted by molar-refractivity contribution is -0.137. The Labute approximate surface area is 146 Å². The molecule has 3 heteroatoms. The Bertz CT molecular complexity index is 498. The number of carboxylic acids is 1. The van der Waals surface area contributed by atoms with Gasteiger partial charge < -0.3 is 10.4 Å². The fourth-order valence-electron chi connectivity index (χ4n) is 3.90. The van der Waals surface area contributed by atoms with E-state index in [-0.39, 0.29) is 12.5 Å². The van der Waals surface area contributed by atoms with E-state index in [1.165, 1.54) is 31.2 Å². The quantitative estimate of drug-likeness (QED) is 0.764. The van der Waals surface area contributed by atoms with Crippen LogP contribution in [0.5, 0.6) is 0 Å². The standard InChI is InChI=1S/C21H33NO2/c1-21(2,3)17-9-11-18(12-10-17)22-19(13-14-20(23)24)15-16-7-5-4-6-8-16/h4-8,17-19,22H,9-15H2,1-3H3,(H,23,24). The number of carboxylic acid groups (broad SMARTS) is 1. The van der Waals surface area contributed by atoms with Crippen LogP contribution in [-0.2, 0) is 11.2 Å². The van der Waals surface area contributed by atoms with E-state index in [4.69, 9.17) is 5.11 Å². The zero-order valence-corrected chi connectivity index (χ0v) is 15.4. The second-order valence-electron chi connectivity index (χ2n) is 8.40. The van der Waals surface area contributed by atoms with Gasteiger partial charge in [-0.2, -0.15) is 0 Å². The summed E-state index contributed by atoms with van der Waals surface area (Å²) in [5.74, 6) is 0.105. The van der Waals surface area contributed by atoms with Crippen molar-refractivity contribution in [2.24, 2.45) is 11.3 Å². The van der Waals surface area contributed by atoms with Crippen molar-refractivity contribution >= 4 is 5.97 Å². The fourth-order valence-corrected chi connectivity index (χ4v) is 3.90. The first-order valence-corrected chi connectivity index (χ1v) is 9.36. The lowest BCUT2D eigenvalue weighted by atomic mass is 9.71. The molecular formula is C21H33NO2. The summed E-state index contributed by atoms with van der Waals surface area (Å²) in [6.45, 7) is 7.03. The number of carbonyl (C=O) groups is 1. The maximum absolute atomic E-state index is 11.0. The van der Waals surface area contributed by atoms with E-state index >= 15 is 0 Å². The summed E-state index contributed by atoms with van der Waals surface area (Å²) in [4.78, 5) is 11.0. The molecule has 0 saturated heterocycles. The van der Waals surface area contributed by atoms with Gasteiger partial charge in [0.05, 0.1) is 0 Å². The molecule has 1 saturated carbocycles. The molecule has 24 heavy (non-hydrogen) atoms. The molecule has 0 spiro atoms. The van der Waals surface area contributed by atoms with Gasteiger partial charge in [-0.3, -0.25) is 4.79 Å². The van der Waals surface area contributed by atoms with E-state index in [1.807, 2.05) is 6.07 Å². The third kappa shape index (κ3) is 6.27. The molecule has 0 bridgehead atoms. The first kappa shape index (κ1) is 19.0. The highest BCUT2D eigenvalue weighted by Gasteiger charge is 2.30. The molecule has 0 heterocycles. The molecule has 1 unspecified atom stereocenters. The van der Waals surface area contributed by atoms with Crippen LogP contribution in [-0.4, -0.2) is 23.2 Å². The SMILES string of the molecule is CC(C)(C)C1CCC(NC(CCC(=O)O)Cc2ccccc2)CC1. The molecule has 1 aliphatic rings. The van der Waals surface area contributed by atoms with Gasteiger partial charge in [0.25, 0.3) is 0 Å². The third-order valence-electron chi connectivity index (χ3n) is 5.45. The second kappa shape index (κ2) is 8.66. The van der Waals surface area contributed by atoms with Crippen LogP contribution in [0.15, 0.2) is 30.3 Å². The summed E-state index contributed by atoms with van der Waals surface area (Å²) in [5.41, 5.74) is 1.68. The molecule has 0 aliphatic heterocycles. The van der Waals surface area contributed by atoms with Gasteiger partial charge >= 0.3 is 5.97 Å². The predicted molar refractivity (Wildman–Crippen MR) is 99.1 cm³/mol. The van der Waals surface area contributed by atoms with E-state index < -0.39 is 5.97 Å². The lowest BCUT2D eigenvalue weighted by Gasteiger charge is -2.38. The Morgan fingerprint density at radius 1 is 1.17 bits per heavy atom. The normalized spacial score (nSPS) is 23.0. The van der Waals surface area contributed by atoms with E-state index in [1.54, 1.807) is 0 Å². The molecule has 0 aromatic heterocycles. The monoisotopic (exact) mass is 331 g/mol. The van der Waals surface area contributed by atoms with Crippen LogP contribution in [0.25, 0.3) is 0 Å². The Morgan fingerprint density at radius 3 is 2.33 bits per heavy atom. The largest absolute Gasteiger partial charge is 0.481 e. The molecule has 1 aromatic carbocycles. The van der Waals surface area contributed by atoms with Crippen LogP contribution in [0.2, 0.25) is 0 Å². The Kier molecular flexibility index (Phi) is 6.85. The van der Waals surface area contributed by atoms with E-state index in [0.29, 0.717) is 17.9 Å². The number of nitrogens with one attached hydrogen (secondary N) is 1. The highest BCUT2D eigenvalue weighted by atomic mass is 16.4. The van der Waals surface area contributed by atoms with Gasteiger partial charge in [0, 0.05) is 18.5 Å². The van der Waals surface area contributed by atoms with Crippen LogP contribution in [0.3, 0.4) is 0 Å². The van der Waals surface area contributed by atoms with Crippen LogP contribution in [0, 0.1) is 11.3 Å². The van der Waals surface area contributed by atoms with E-state index in [0.717, 1.165) is 12.3 Å². The molecule has 2 N–H and O–H groups in total. The molecule has 0 amide bonds. The Morgan fingerprint density at radius 2 is 1.79 bits per heavy atom. The summed E-state index contributed by atoms with van der Waals surface area (Å²) in [6.07, 6.45) is 6.81. The topological polar surface area (TPSA) is 49.3 Å². The Balaban J connectivity index is 1.89. The van der Waals surface area contributed by atoms with Gasteiger partial charge in [0.1, 0.15) is 0 Å². The minimum absolute atomic E-state index is 0.238. The van der Waals surface area contributed by atoms with Crippen molar-refractivity contribution in [2.75, 3.05) is 0 Å². The first-order chi connectivity index (χ1) is 11.3. The molecule has 3 nitrogen and oxygen atoms in total. The van der Waals surface area contributed by atoms with Gasteiger partial charge in [0.2, 0.25) is 0 Å². The summed E-state index contributed by atoms with van der Waals surface area (Å²) >= 11 is 0. The maximum atomic E-state index is 11.0. The lowest BCUT2D eigenvalue weighted by Crippen LogP contribution is -2.43. The van der Waals surface area contributed by atoms with Crippen molar-refractivity contribution in [3.05, 3.63) is 35.9 Å². The van der Waals surface area contributed by atoms with Gasteiger partial charge in [-0.15, -0.1) is 0 Å². The smallest absolute Gasteiger partial charge is 0.303 e. The van der Waals surface area contributed by atoms with Crippen molar-refractivity contribution < 1.29 is 9.90 Å². The number of hydrogen-bond acceptors (Lipinski definition) is 2. The zero-order valence-electron chi connectivity index (χ0n) is 15.4. The first-order valence-electron chi connectivity index (χ1n) is 9.36. The minimum atomic E-state index is -0.702. The predicted octanol–water partition coefficient (Wildman–Crippen LogP) is 4.66. The average molecular weight is 332 g/mol. The molecule has 1 aliphatic carbocycles. The van der Waals surface area contributed by atoms with Crippen molar-refractivity contribution in [3.8, 4) is 0 Å². The third-order valence-corrected chi connectivity index (χ3v) is 5.45. The van der Waals surface area contributed by atoms with Crippen LogP contribution >= 0.6 is 0 Å². The van der Waals surface area contributed by atoms with E-state index in [9.17, 15) is 4.79 Å². The van der Waals surface area contributed by atoms with Gasteiger partial charge in [0.15, 0.2) is 0 Å².